The Morgan fingerprint density at radius 3 is 2.55 bits per heavy atom. The lowest BCUT2D eigenvalue weighted by Crippen LogP contribution is -2.44. The predicted octanol–water partition coefficient (Wildman–Crippen LogP) is 1.39. The first-order chi connectivity index (χ1) is 10.3. The highest BCUT2D eigenvalue weighted by Gasteiger charge is 2.31. The van der Waals surface area contributed by atoms with Gasteiger partial charge in [-0.05, 0) is 49.9 Å². The number of benzene rings is 1. The minimum absolute atomic E-state index is 0.0138. The number of piperidine rings is 1. The number of anilines is 1. The van der Waals surface area contributed by atoms with E-state index in [2.05, 4.69) is 5.32 Å². The van der Waals surface area contributed by atoms with Crippen LogP contribution in [0, 0.1) is 5.92 Å². The summed E-state index contributed by atoms with van der Waals surface area (Å²) in [5.74, 6) is 0.00795. The van der Waals surface area contributed by atoms with Gasteiger partial charge in [0.1, 0.15) is 0 Å². The number of rotatable bonds is 4. The highest BCUT2D eigenvalue weighted by Crippen LogP contribution is 2.25. The molecule has 0 aromatic heterocycles. The molecule has 2 rings (SSSR count). The van der Waals surface area contributed by atoms with Crippen molar-refractivity contribution in [3.63, 3.8) is 0 Å². The Morgan fingerprint density at radius 1 is 1.36 bits per heavy atom. The third kappa shape index (κ3) is 3.85. The average Bonchev–Trinajstić information content (AvgIpc) is 2.47. The van der Waals surface area contributed by atoms with E-state index >= 15 is 0 Å². The van der Waals surface area contributed by atoms with Crippen molar-refractivity contribution in [1.29, 1.82) is 0 Å². The SMILES string of the molecule is CC(=O)Nc1ccc(S(=O)(=O)N2CCCC(C(C)N)C2)cc1. The van der Waals surface area contributed by atoms with Crippen LogP contribution in [0.4, 0.5) is 5.69 Å². The molecule has 0 bridgehead atoms. The first kappa shape index (κ1) is 16.9. The molecule has 1 saturated heterocycles. The van der Waals surface area contributed by atoms with E-state index in [1.807, 2.05) is 6.92 Å². The van der Waals surface area contributed by atoms with Gasteiger partial charge in [0.05, 0.1) is 4.90 Å². The van der Waals surface area contributed by atoms with Gasteiger partial charge in [-0.2, -0.15) is 4.31 Å². The van der Waals surface area contributed by atoms with Crippen LogP contribution in [-0.2, 0) is 14.8 Å². The van der Waals surface area contributed by atoms with E-state index < -0.39 is 10.0 Å². The van der Waals surface area contributed by atoms with Crippen LogP contribution in [0.3, 0.4) is 0 Å². The van der Waals surface area contributed by atoms with Crippen LogP contribution in [-0.4, -0.2) is 37.8 Å². The molecule has 22 heavy (non-hydrogen) atoms. The second kappa shape index (κ2) is 6.76. The highest BCUT2D eigenvalue weighted by molar-refractivity contribution is 7.89. The first-order valence-corrected chi connectivity index (χ1v) is 8.88. The van der Waals surface area contributed by atoms with E-state index in [4.69, 9.17) is 5.73 Å². The summed E-state index contributed by atoms with van der Waals surface area (Å²) < 4.78 is 26.9. The number of nitrogens with zero attached hydrogens (tertiary/aromatic N) is 1. The molecule has 1 heterocycles. The summed E-state index contributed by atoms with van der Waals surface area (Å²) in [6.45, 7) is 4.32. The lowest BCUT2D eigenvalue weighted by molar-refractivity contribution is -0.114. The highest BCUT2D eigenvalue weighted by atomic mass is 32.2. The van der Waals surface area contributed by atoms with Crippen LogP contribution >= 0.6 is 0 Å². The standard InChI is InChI=1S/C15H23N3O3S/c1-11(16)13-4-3-9-18(10-13)22(20,21)15-7-5-14(6-8-15)17-12(2)19/h5-8,11,13H,3-4,9-10,16H2,1-2H3,(H,17,19). The monoisotopic (exact) mass is 325 g/mol. The number of carbonyl (C=O) groups excluding carboxylic acids is 1. The topological polar surface area (TPSA) is 92.5 Å². The summed E-state index contributed by atoms with van der Waals surface area (Å²) in [6, 6.07) is 6.23. The van der Waals surface area contributed by atoms with E-state index in [0.29, 0.717) is 18.8 Å². The molecule has 0 saturated carbocycles. The largest absolute Gasteiger partial charge is 0.328 e. The van der Waals surface area contributed by atoms with E-state index in [-0.39, 0.29) is 22.8 Å². The van der Waals surface area contributed by atoms with Crippen molar-refractivity contribution in [2.75, 3.05) is 18.4 Å². The van der Waals surface area contributed by atoms with Crippen molar-refractivity contribution in [3.8, 4) is 0 Å². The lowest BCUT2D eigenvalue weighted by atomic mass is 9.93. The average molecular weight is 325 g/mol. The van der Waals surface area contributed by atoms with Crippen LogP contribution in [0.2, 0.25) is 0 Å². The summed E-state index contributed by atoms with van der Waals surface area (Å²) in [6.07, 6.45) is 1.79. The van der Waals surface area contributed by atoms with Gasteiger partial charge in [-0.3, -0.25) is 4.79 Å². The molecule has 1 aromatic rings. The van der Waals surface area contributed by atoms with Gasteiger partial charge in [0.15, 0.2) is 0 Å². The van der Waals surface area contributed by atoms with Crippen LogP contribution < -0.4 is 11.1 Å². The maximum Gasteiger partial charge on any atom is 0.243 e. The molecule has 0 radical (unpaired) electrons. The van der Waals surface area contributed by atoms with E-state index in [9.17, 15) is 13.2 Å². The number of hydrogen-bond acceptors (Lipinski definition) is 4. The number of carbonyl (C=O) groups is 1. The Morgan fingerprint density at radius 2 is 2.00 bits per heavy atom. The zero-order chi connectivity index (χ0) is 16.3. The Hall–Kier alpha value is -1.44. The van der Waals surface area contributed by atoms with Gasteiger partial charge in [0, 0.05) is 31.7 Å². The van der Waals surface area contributed by atoms with Gasteiger partial charge < -0.3 is 11.1 Å². The second-order valence-electron chi connectivity index (χ2n) is 5.83. The van der Waals surface area contributed by atoms with Crippen LogP contribution in [0.5, 0.6) is 0 Å². The number of nitrogens with two attached hydrogens (primary N) is 1. The molecule has 2 atom stereocenters. The molecular formula is C15H23N3O3S. The Balaban J connectivity index is 2.17. The van der Waals surface area contributed by atoms with Gasteiger partial charge >= 0.3 is 0 Å². The van der Waals surface area contributed by atoms with E-state index in [1.165, 1.54) is 23.4 Å². The number of nitrogens with one attached hydrogen (secondary N) is 1. The number of hydrogen-bond donors (Lipinski definition) is 2. The number of sulfonamides is 1. The number of amides is 1. The molecule has 1 amide bonds. The van der Waals surface area contributed by atoms with Crippen molar-refractivity contribution in [2.24, 2.45) is 11.7 Å². The molecular weight excluding hydrogens is 302 g/mol. The molecule has 7 heteroatoms. The quantitative estimate of drug-likeness (QED) is 0.875. The van der Waals surface area contributed by atoms with Crippen LogP contribution in [0.1, 0.15) is 26.7 Å². The normalized spacial score (nSPS) is 21.3. The summed E-state index contributed by atoms with van der Waals surface area (Å²) >= 11 is 0. The Bertz CT molecular complexity index is 626. The molecule has 0 spiro atoms. The molecule has 1 aliphatic rings. The summed E-state index contributed by atoms with van der Waals surface area (Å²) in [5.41, 5.74) is 6.50. The van der Waals surface area contributed by atoms with Crippen molar-refractivity contribution in [2.45, 2.75) is 37.6 Å². The fraction of sp³-hybridized carbons (Fsp3) is 0.533. The molecule has 3 N–H and O–H groups in total. The Kier molecular flexibility index (Phi) is 5.20. The van der Waals surface area contributed by atoms with Gasteiger partial charge in [-0.15, -0.1) is 0 Å². The lowest BCUT2D eigenvalue weighted by Gasteiger charge is -2.33. The molecule has 1 aliphatic heterocycles. The smallest absolute Gasteiger partial charge is 0.243 e. The Labute approximate surface area is 131 Å². The van der Waals surface area contributed by atoms with E-state index in [1.54, 1.807) is 12.1 Å². The third-order valence-corrected chi connectivity index (χ3v) is 5.86. The van der Waals surface area contributed by atoms with Gasteiger partial charge in [-0.25, -0.2) is 8.42 Å². The maximum absolute atomic E-state index is 12.7. The summed E-state index contributed by atoms with van der Waals surface area (Å²) in [5, 5.41) is 2.62. The zero-order valence-corrected chi connectivity index (χ0v) is 13.8. The van der Waals surface area contributed by atoms with Gasteiger partial charge in [-0.1, -0.05) is 0 Å². The van der Waals surface area contributed by atoms with Crippen LogP contribution in [0.15, 0.2) is 29.2 Å². The summed E-state index contributed by atoms with van der Waals surface area (Å²) in [7, 11) is -3.51. The minimum atomic E-state index is -3.51. The van der Waals surface area contributed by atoms with Crippen molar-refractivity contribution in [1.82, 2.24) is 4.31 Å². The third-order valence-electron chi connectivity index (χ3n) is 3.98. The maximum atomic E-state index is 12.7. The van der Waals surface area contributed by atoms with Crippen molar-refractivity contribution >= 4 is 21.6 Å². The molecule has 2 unspecified atom stereocenters. The summed E-state index contributed by atoms with van der Waals surface area (Å²) in [4.78, 5) is 11.2. The zero-order valence-electron chi connectivity index (χ0n) is 13.0. The van der Waals surface area contributed by atoms with Crippen molar-refractivity contribution < 1.29 is 13.2 Å². The van der Waals surface area contributed by atoms with Crippen molar-refractivity contribution in [3.05, 3.63) is 24.3 Å². The molecule has 0 aliphatic carbocycles. The molecule has 1 fully saturated rings. The fourth-order valence-electron chi connectivity index (χ4n) is 2.68. The second-order valence-corrected chi connectivity index (χ2v) is 7.77. The molecule has 1 aromatic carbocycles. The molecule has 122 valence electrons. The van der Waals surface area contributed by atoms with E-state index in [0.717, 1.165) is 12.8 Å². The van der Waals surface area contributed by atoms with Gasteiger partial charge in [0.25, 0.3) is 0 Å². The predicted molar refractivity (Wildman–Crippen MR) is 85.9 cm³/mol. The van der Waals surface area contributed by atoms with Gasteiger partial charge in [0.2, 0.25) is 15.9 Å². The van der Waals surface area contributed by atoms with Crippen LogP contribution in [0.25, 0.3) is 0 Å². The first-order valence-electron chi connectivity index (χ1n) is 7.44. The molecule has 6 nitrogen and oxygen atoms in total. The fourth-order valence-corrected chi connectivity index (χ4v) is 4.22. The minimum Gasteiger partial charge on any atom is -0.328 e.